The molecular formula is C14H26N2O3. The Morgan fingerprint density at radius 3 is 2.32 bits per heavy atom. The molecule has 0 bridgehead atoms. The van der Waals surface area contributed by atoms with Gasteiger partial charge in [-0.05, 0) is 37.5 Å². The van der Waals surface area contributed by atoms with E-state index in [1.807, 2.05) is 13.8 Å². The molecule has 0 aliphatic heterocycles. The molecule has 0 radical (unpaired) electrons. The van der Waals surface area contributed by atoms with Gasteiger partial charge in [-0.15, -0.1) is 0 Å². The van der Waals surface area contributed by atoms with Crippen LogP contribution in [0, 0.1) is 17.3 Å². The summed E-state index contributed by atoms with van der Waals surface area (Å²) in [7, 11) is 0. The second-order valence-electron chi connectivity index (χ2n) is 6.26. The molecule has 19 heavy (non-hydrogen) atoms. The van der Waals surface area contributed by atoms with Gasteiger partial charge >= 0.3 is 5.97 Å². The molecule has 1 saturated carbocycles. The summed E-state index contributed by atoms with van der Waals surface area (Å²) in [4.78, 5) is 23.3. The average Bonchev–Trinajstić information content (AvgIpc) is 2.36. The molecule has 5 nitrogen and oxygen atoms in total. The van der Waals surface area contributed by atoms with Crippen LogP contribution in [0.4, 0.5) is 0 Å². The Bertz CT molecular complexity index is 334. The number of aliphatic carboxylic acids is 1. The van der Waals surface area contributed by atoms with Crippen molar-refractivity contribution >= 4 is 11.9 Å². The number of carboxylic acid groups (broad SMARTS) is 1. The number of rotatable bonds is 5. The summed E-state index contributed by atoms with van der Waals surface area (Å²) in [6, 6.07) is -0.576. The van der Waals surface area contributed by atoms with Crippen molar-refractivity contribution in [1.82, 2.24) is 5.32 Å². The second-order valence-corrected chi connectivity index (χ2v) is 6.26. The lowest BCUT2D eigenvalue weighted by Gasteiger charge is -2.36. The van der Waals surface area contributed by atoms with Gasteiger partial charge in [0.25, 0.3) is 0 Å². The molecule has 0 heterocycles. The fourth-order valence-electron chi connectivity index (χ4n) is 2.46. The maximum Gasteiger partial charge on any atom is 0.311 e. The minimum absolute atomic E-state index is 0.0483. The summed E-state index contributed by atoms with van der Waals surface area (Å²) >= 11 is 0. The predicted molar refractivity (Wildman–Crippen MR) is 73.5 cm³/mol. The monoisotopic (exact) mass is 270 g/mol. The van der Waals surface area contributed by atoms with Gasteiger partial charge in [0, 0.05) is 6.54 Å². The molecule has 0 unspecified atom stereocenters. The van der Waals surface area contributed by atoms with E-state index in [4.69, 9.17) is 5.73 Å². The molecule has 4 N–H and O–H groups in total. The number of hydrogen-bond donors (Lipinski definition) is 3. The molecule has 0 spiro atoms. The van der Waals surface area contributed by atoms with Crippen molar-refractivity contribution in [1.29, 1.82) is 0 Å². The highest BCUT2D eigenvalue weighted by molar-refractivity contribution is 5.83. The van der Waals surface area contributed by atoms with E-state index in [-0.39, 0.29) is 18.4 Å². The van der Waals surface area contributed by atoms with E-state index in [1.54, 1.807) is 0 Å². The van der Waals surface area contributed by atoms with Crippen molar-refractivity contribution in [3.63, 3.8) is 0 Å². The molecule has 1 rings (SSSR count). The molecule has 1 atom stereocenters. The van der Waals surface area contributed by atoms with Gasteiger partial charge in [0.1, 0.15) is 0 Å². The van der Waals surface area contributed by atoms with Gasteiger partial charge < -0.3 is 16.2 Å². The van der Waals surface area contributed by atoms with Gasteiger partial charge in [-0.3, -0.25) is 9.59 Å². The third-order valence-corrected chi connectivity index (χ3v) is 4.31. The van der Waals surface area contributed by atoms with Crippen molar-refractivity contribution in [3.8, 4) is 0 Å². The van der Waals surface area contributed by atoms with Gasteiger partial charge in [0.15, 0.2) is 0 Å². The molecule has 1 aliphatic carbocycles. The van der Waals surface area contributed by atoms with Crippen molar-refractivity contribution in [3.05, 3.63) is 0 Å². The molecule has 1 fully saturated rings. The number of amides is 1. The molecule has 1 amide bonds. The van der Waals surface area contributed by atoms with Crippen LogP contribution in [0.5, 0.6) is 0 Å². The van der Waals surface area contributed by atoms with Crippen LogP contribution < -0.4 is 11.1 Å². The Morgan fingerprint density at radius 2 is 1.89 bits per heavy atom. The minimum atomic E-state index is -0.808. The summed E-state index contributed by atoms with van der Waals surface area (Å²) < 4.78 is 0. The van der Waals surface area contributed by atoms with E-state index in [2.05, 4.69) is 12.2 Å². The first-order valence-electron chi connectivity index (χ1n) is 7.05. The van der Waals surface area contributed by atoms with Crippen LogP contribution in [0.25, 0.3) is 0 Å². The first-order chi connectivity index (χ1) is 8.78. The maximum absolute atomic E-state index is 11.8. The predicted octanol–water partition coefficient (Wildman–Crippen LogP) is 1.37. The minimum Gasteiger partial charge on any atom is -0.481 e. The summed E-state index contributed by atoms with van der Waals surface area (Å²) in [5.74, 6) is -0.444. The largest absolute Gasteiger partial charge is 0.481 e. The topological polar surface area (TPSA) is 92.4 Å². The molecule has 1 aliphatic rings. The molecule has 0 saturated heterocycles. The van der Waals surface area contributed by atoms with Gasteiger partial charge in [-0.1, -0.05) is 20.8 Å². The van der Waals surface area contributed by atoms with Crippen molar-refractivity contribution in [2.45, 2.75) is 52.5 Å². The number of hydrogen-bond acceptors (Lipinski definition) is 3. The van der Waals surface area contributed by atoms with Crippen LogP contribution in [0.1, 0.15) is 46.5 Å². The summed E-state index contributed by atoms with van der Waals surface area (Å²) in [5, 5.41) is 12.2. The quantitative estimate of drug-likeness (QED) is 0.703. The highest BCUT2D eigenvalue weighted by atomic mass is 16.4. The number of carbonyl (C=O) groups excluding carboxylic acids is 1. The Hall–Kier alpha value is -1.10. The van der Waals surface area contributed by atoms with E-state index in [0.29, 0.717) is 18.8 Å². The third kappa shape index (κ3) is 3.93. The summed E-state index contributed by atoms with van der Waals surface area (Å²) in [6.45, 7) is 6.08. The molecular weight excluding hydrogens is 244 g/mol. The van der Waals surface area contributed by atoms with E-state index < -0.39 is 17.4 Å². The van der Waals surface area contributed by atoms with Crippen LogP contribution in [0.15, 0.2) is 0 Å². The van der Waals surface area contributed by atoms with Gasteiger partial charge in [-0.25, -0.2) is 0 Å². The van der Waals surface area contributed by atoms with Crippen LogP contribution >= 0.6 is 0 Å². The number of carboxylic acids is 1. The second kappa shape index (κ2) is 6.37. The molecule has 0 aromatic carbocycles. The van der Waals surface area contributed by atoms with Crippen LogP contribution in [0.3, 0.4) is 0 Å². The van der Waals surface area contributed by atoms with Crippen molar-refractivity contribution in [2.24, 2.45) is 23.0 Å². The molecule has 0 aromatic heterocycles. The van der Waals surface area contributed by atoms with E-state index >= 15 is 0 Å². The number of nitrogens with two attached hydrogens (primary N) is 1. The summed E-state index contributed by atoms with van der Waals surface area (Å²) in [5.41, 5.74) is 4.95. The molecule has 0 aromatic rings. The first-order valence-corrected chi connectivity index (χ1v) is 7.05. The molecule has 110 valence electrons. The lowest BCUT2D eigenvalue weighted by atomic mass is 9.70. The lowest BCUT2D eigenvalue weighted by molar-refractivity contribution is -0.151. The third-order valence-electron chi connectivity index (χ3n) is 4.31. The van der Waals surface area contributed by atoms with Crippen LogP contribution in [-0.4, -0.2) is 29.6 Å². The SMILES string of the molecule is CC1CCC(CNC(=O)[C@H](N)C(C)C)(C(=O)O)CC1. The fourth-order valence-corrected chi connectivity index (χ4v) is 2.46. The van der Waals surface area contributed by atoms with Gasteiger partial charge in [0.05, 0.1) is 11.5 Å². The van der Waals surface area contributed by atoms with E-state index in [1.165, 1.54) is 0 Å². The lowest BCUT2D eigenvalue weighted by Crippen LogP contribution is -2.50. The Balaban J connectivity index is 2.61. The highest BCUT2D eigenvalue weighted by Gasteiger charge is 2.41. The fraction of sp³-hybridized carbons (Fsp3) is 0.857. The maximum atomic E-state index is 11.8. The van der Waals surface area contributed by atoms with Crippen molar-refractivity contribution in [2.75, 3.05) is 6.54 Å². The van der Waals surface area contributed by atoms with Gasteiger partial charge in [-0.2, -0.15) is 0 Å². The number of nitrogens with one attached hydrogen (secondary N) is 1. The number of carbonyl (C=O) groups is 2. The standard InChI is InChI=1S/C14H26N2O3/c1-9(2)11(15)12(17)16-8-14(13(18)19)6-4-10(3)5-7-14/h9-11H,4-8,15H2,1-3H3,(H,16,17)(H,18,19)/t10?,11-,14?/m1/s1. The highest BCUT2D eigenvalue weighted by Crippen LogP contribution is 2.38. The normalized spacial score (nSPS) is 29.0. The average molecular weight is 270 g/mol. The van der Waals surface area contributed by atoms with Gasteiger partial charge in [0.2, 0.25) is 5.91 Å². The van der Waals surface area contributed by atoms with Crippen LogP contribution in [0.2, 0.25) is 0 Å². The zero-order valence-corrected chi connectivity index (χ0v) is 12.1. The van der Waals surface area contributed by atoms with Crippen molar-refractivity contribution < 1.29 is 14.7 Å². The zero-order chi connectivity index (χ0) is 14.6. The van der Waals surface area contributed by atoms with Crippen LogP contribution in [-0.2, 0) is 9.59 Å². The summed E-state index contributed by atoms with van der Waals surface area (Å²) in [6.07, 6.45) is 3.05. The molecule has 5 heteroatoms. The Morgan fingerprint density at radius 1 is 1.37 bits per heavy atom. The first kappa shape index (κ1) is 16.0. The smallest absolute Gasteiger partial charge is 0.311 e. The van der Waals surface area contributed by atoms with E-state index in [9.17, 15) is 14.7 Å². The Labute approximate surface area is 114 Å². The zero-order valence-electron chi connectivity index (χ0n) is 12.1. The Kier molecular flexibility index (Phi) is 5.35. The van der Waals surface area contributed by atoms with E-state index in [0.717, 1.165) is 12.8 Å².